The van der Waals surface area contributed by atoms with Crippen LogP contribution in [0.3, 0.4) is 0 Å². The molecule has 1 saturated heterocycles. The average molecular weight is 492 g/mol. The van der Waals surface area contributed by atoms with E-state index in [9.17, 15) is 9.59 Å². The van der Waals surface area contributed by atoms with Gasteiger partial charge in [-0.3, -0.25) is 15.0 Å². The number of halogens is 1. The number of amides is 2. The predicted octanol–water partition coefficient (Wildman–Crippen LogP) is 5.81. The fourth-order valence-corrected chi connectivity index (χ4v) is 5.14. The highest BCUT2D eigenvalue weighted by molar-refractivity contribution is 6.35. The van der Waals surface area contributed by atoms with Crippen LogP contribution in [-0.2, 0) is 4.74 Å². The van der Waals surface area contributed by atoms with Gasteiger partial charge in [-0.15, -0.1) is 0 Å². The van der Waals surface area contributed by atoms with E-state index in [0.29, 0.717) is 52.1 Å². The Morgan fingerprint density at radius 1 is 1.14 bits per heavy atom. The molecular formula is C28H30ClN3O3. The summed E-state index contributed by atoms with van der Waals surface area (Å²) < 4.78 is 5.29. The van der Waals surface area contributed by atoms with Crippen LogP contribution in [0.4, 0.5) is 5.69 Å². The van der Waals surface area contributed by atoms with Gasteiger partial charge in [-0.25, -0.2) is 0 Å². The largest absolute Gasteiger partial charge is 0.378 e. The van der Waals surface area contributed by atoms with E-state index in [1.54, 1.807) is 36.3 Å². The van der Waals surface area contributed by atoms with Crippen LogP contribution in [-0.4, -0.2) is 48.7 Å². The van der Waals surface area contributed by atoms with Crippen LogP contribution in [0.5, 0.6) is 0 Å². The van der Waals surface area contributed by atoms with E-state index in [0.717, 1.165) is 49.7 Å². The molecule has 0 unspecified atom stereocenters. The van der Waals surface area contributed by atoms with Crippen molar-refractivity contribution in [2.75, 3.05) is 25.5 Å². The minimum Gasteiger partial charge on any atom is -0.378 e. The molecule has 2 fully saturated rings. The van der Waals surface area contributed by atoms with E-state index >= 15 is 0 Å². The number of benzene rings is 2. The molecule has 2 N–H and O–H groups in total. The maximum atomic E-state index is 13.5. The zero-order valence-electron chi connectivity index (χ0n) is 19.9. The van der Waals surface area contributed by atoms with Gasteiger partial charge in [0.05, 0.1) is 28.1 Å². The van der Waals surface area contributed by atoms with Crippen LogP contribution >= 0.6 is 11.6 Å². The summed E-state index contributed by atoms with van der Waals surface area (Å²) in [5.74, 6) is -0.0648. The second-order valence-electron chi connectivity index (χ2n) is 9.61. The quantitative estimate of drug-likeness (QED) is 0.479. The monoisotopic (exact) mass is 491 g/mol. The number of nitrogens with one attached hydrogen (secondary N) is 2. The molecule has 2 aliphatic carbocycles. The number of methoxy groups -OCH3 is 1. The fraction of sp³-hybridized carbons (Fsp3) is 0.393. The van der Waals surface area contributed by atoms with Gasteiger partial charge in [-0.2, -0.15) is 0 Å². The SMILES string of the molecule is COC1CN(C(=O)c2ccc(C(=N)C3=CCCCC3)c(NC(=O)c3c(Cl)cccc3C3CC3)c2)C1. The average Bonchev–Trinajstić information content (AvgIpc) is 3.68. The first kappa shape index (κ1) is 23.8. The number of carbonyl (C=O) groups is 2. The molecule has 35 heavy (non-hydrogen) atoms. The van der Waals surface area contributed by atoms with Crippen molar-refractivity contribution in [3.63, 3.8) is 0 Å². The lowest BCUT2D eigenvalue weighted by Gasteiger charge is -2.38. The Labute approximate surface area is 210 Å². The van der Waals surface area contributed by atoms with Gasteiger partial charge in [0.1, 0.15) is 0 Å². The van der Waals surface area contributed by atoms with Gasteiger partial charge in [0.25, 0.3) is 11.8 Å². The highest BCUT2D eigenvalue weighted by Crippen LogP contribution is 2.43. The summed E-state index contributed by atoms with van der Waals surface area (Å²) in [5.41, 5.74) is 4.36. The number of likely N-dealkylation sites (tertiary alicyclic amines) is 1. The second-order valence-corrected chi connectivity index (χ2v) is 10.0. The van der Waals surface area contributed by atoms with Gasteiger partial charge in [0.15, 0.2) is 0 Å². The molecule has 1 aliphatic heterocycles. The fourth-order valence-electron chi connectivity index (χ4n) is 4.87. The van der Waals surface area contributed by atoms with Crippen LogP contribution in [0.15, 0.2) is 48.0 Å². The molecule has 6 nitrogen and oxygen atoms in total. The Bertz CT molecular complexity index is 1210. The molecule has 2 aromatic carbocycles. The van der Waals surface area contributed by atoms with Crippen LogP contribution in [0, 0.1) is 5.41 Å². The maximum Gasteiger partial charge on any atom is 0.257 e. The van der Waals surface area contributed by atoms with Crippen molar-refractivity contribution < 1.29 is 14.3 Å². The van der Waals surface area contributed by atoms with Crippen molar-refractivity contribution in [1.29, 1.82) is 5.41 Å². The number of anilines is 1. The number of carbonyl (C=O) groups excluding carboxylic acids is 2. The molecule has 0 atom stereocenters. The van der Waals surface area contributed by atoms with E-state index in [1.807, 2.05) is 12.1 Å². The summed E-state index contributed by atoms with van der Waals surface area (Å²) in [6.07, 6.45) is 8.24. The zero-order chi connectivity index (χ0) is 24.5. The minimum atomic E-state index is -0.308. The third kappa shape index (κ3) is 4.91. The molecule has 0 radical (unpaired) electrons. The molecule has 2 aromatic rings. The lowest BCUT2D eigenvalue weighted by Crippen LogP contribution is -2.54. The molecule has 1 saturated carbocycles. The number of hydrogen-bond acceptors (Lipinski definition) is 4. The van der Waals surface area contributed by atoms with Gasteiger partial charge in [0.2, 0.25) is 0 Å². The summed E-state index contributed by atoms with van der Waals surface area (Å²) in [4.78, 5) is 28.3. The number of rotatable bonds is 7. The van der Waals surface area contributed by atoms with Crippen molar-refractivity contribution in [3.8, 4) is 0 Å². The minimum absolute atomic E-state index is 0.0601. The lowest BCUT2D eigenvalue weighted by molar-refractivity contribution is -0.0191. The first-order chi connectivity index (χ1) is 17.0. The van der Waals surface area contributed by atoms with Gasteiger partial charge < -0.3 is 15.0 Å². The van der Waals surface area contributed by atoms with Crippen molar-refractivity contribution in [2.45, 2.75) is 50.5 Å². The molecule has 7 heteroatoms. The molecule has 2 amide bonds. The summed E-state index contributed by atoms with van der Waals surface area (Å²) >= 11 is 6.48. The normalized spacial score (nSPS) is 18.0. The molecule has 5 rings (SSSR count). The Kier molecular flexibility index (Phi) is 6.76. The van der Waals surface area contributed by atoms with Crippen LogP contribution in [0.25, 0.3) is 0 Å². The molecule has 3 aliphatic rings. The highest BCUT2D eigenvalue weighted by Gasteiger charge is 2.32. The summed E-state index contributed by atoms with van der Waals surface area (Å²) in [7, 11) is 1.64. The van der Waals surface area contributed by atoms with E-state index in [4.69, 9.17) is 21.7 Å². The molecular weight excluding hydrogens is 462 g/mol. The van der Waals surface area contributed by atoms with Crippen LogP contribution < -0.4 is 5.32 Å². The number of nitrogens with zero attached hydrogens (tertiary/aromatic N) is 1. The van der Waals surface area contributed by atoms with Gasteiger partial charge in [0, 0.05) is 31.3 Å². The molecule has 0 aromatic heterocycles. The summed E-state index contributed by atoms with van der Waals surface area (Å²) in [5, 5.41) is 12.3. The first-order valence-corrected chi connectivity index (χ1v) is 12.7. The van der Waals surface area contributed by atoms with Crippen LogP contribution in [0.1, 0.15) is 76.3 Å². The van der Waals surface area contributed by atoms with E-state index in [2.05, 4.69) is 11.4 Å². The third-order valence-electron chi connectivity index (χ3n) is 7.15. The van der Waals surface area contributed by atoms with Crippen molar-refractivity contribution in [3.05, 3.63) is 75.3 Å². The van der Waals surface area contributed by atoms with E-state index in [-0.39, 0.29) is 17.9 Å². The van der Waals surface area contributed by atoms with Crippen molar-refractivity contribution in [1.82, 2.24) is 4.90 Å². The third-order valence-corrected chi connectivity index (χ3v) is 7.47. The Morgan fingerprint density at radius 2 is 1.94 bits per heavy atom. The topological polar surface area (TPSA) is 82.5 Å². The Hall–Kier alpha value is -2.96. The summed E-state index contributed by atoms with van der Waals surface area (Å²) in [6.45, 7) is 1.09. The number of ether oxygens (including phenoxy) is 1. The second kappa shape index (κ2) is 9.96. The van der Waals surface area contributed by atoms with E-state index < -0.39 is 0 Å². The van der Waals surface area contributed by atoms with Gasteiger partial charge in [-0.1, -0.05) is 29.8 Å². The summed E-state index contributed by atoms with van der Waals surface area (Å²) in [6, 6.07) is 10.8. The maximum absolute atomic E-state index is 13.5. The molecule has 1 heterocycles. The Morgan fingerprint density at radius 3 is 2.63 bits per heavy atom. The van der Waals surface area contributed by atoms with Gasteiger partial charge in [-0.05, 0) is 79.8 Å². The highest BCUT2D eigenvalue weighted by atomic mass is 35.5. The first-order valence-electron chi connectivity index (χ1n) is 12.3. The van der Waals surface area contributed by atoms with Crippen molar-refractivity contribution in [2.24, 2.45) is 0 Å². The van der Waals surface area contributed by atoms with Crippen LogP contribution in [0.2, 0.25) is 5.02 Å². The lowest BCUT2D eigenvalue weighted by atomic mass is 9.91. The molecule has 0 spiro atoms. The van der Waals surface area contributed by atoms with E-state index in [1.165, 1.54) is 0 Å². The number of allylic oxidation sites excluding steroid dienone is 2. The smallest absolute Gasteiger partial charge is 0.257 e. The standard InChI is InChI=1S/C28H30ClN3O3/c1-35-20-15-32(16-20)28(34)19-12-13-22(26(30)18-6-3-2-4-7-18)24(14-19)31-27(33)25-21(17-10-11-17)8-5-9-23(25)29/h5-6,8-9,12-14,17,20,30H,2-4,7,10-11,15-16H2,1H3,(H,31,33). The zero-order valence-corrected chi connectivity index (χ0v) is 20.7. The predicted molar refractivity (Wildman–Crippen MR) is 138 cm³/mol. The molecule has 0 bridgehead atoms. The molecule has 182 valence electrons. The van der Waals surface area contributed by atoms with Gasteiger partial charge >= 0.3 is 0 Å². The number of hydrogen-bond donors (Lipinski definition) is 2. The van der Waals surface area contributed by atoms with Crippen molar-refractivity contribution >= 4 is 34.8 Å². The Balaban J connectivity index is 1.48.